The molecule has 2 aromatic rings. The molecule has 2 aromatic carbocycles. The zero-order valence-electron chi connectivity index (χ0n) is 14.2. The molecule has 0 N–H and O–H groups in total. The third-order valence-corrected chi connectivity index (χ3v) is 6.27. The first-order chi connectivity index (χ1) is 11.5. The molecule has 2 unspecified atom stereocenters. The van der Waals surface area contributed by atoms with Gasteiger partial charge in [0.15, 0.2) is 13.1 Å². The molecule has 0 fully saturated rings. The maximum atomic E-state index is 11.4. The van der Waals surface area contributed by atoms with E-state index in [0.717, 1.165) is 39.8 Å². The molecular formula is C19H23O3PS. The molecule has 2 atom stereocenters. The molecule has 0 amide bonds. The second kappa shape index (κ2) is 8.66. The monoisotopic (exact) mass is 362 g/mol. The molecule has 0 radical (unpaired) electrons. The Morgan fingerprint density at radius 3 is 2.67 bits per heavy atom. The Hall–Kier alpha value is -1.35. The van der Waals surface area contributed by atoms with Crippen LogP contribution in [-0.4, -0.2) is 20.2 Å². The number of hydrogen-bond acceptors (Lipinski definition) is 4. The van der Waals surface area contributed by atoms with Gasteiger partial charge in [-0.15, -0.1) is 12.6 Å². The maximum Gasteiger partial charge on any atom is 0.188 e. The average Bonchev–Trinajstić information content (AvgIpc) is 2.61. The van der Waals surface area contributed by atoms with Crippen LogP contribution in [0.2, 0.25) is 0 Å². The van der Waals surface area contributed by atoms with Gasteiger partial charge in [0.25, 0.3) is 0 Å². The SMILES string of the molecule is CCC(C)(Pc1ccccc1C=O)c1cc(S)ccc1OCOC. The van der Waals surface area contributed by atoms with E-state index in [9.17, 15) is 4.79 Å². The quantitative estimate of drug-likeness (QED) is 0.327. The van der Waals surface area contributed by atoms with E-state index < -0.39 is 0 Å². The van der Waals surface area contributed by atoms with Gasteiger partial charge in [-0.1, -0.05) is 46.7 Å². The number of carbonyl (C=O) groups excluding carboxylic acids is 1. The molecule has 0 spiro atoms. The number of aldehydes is 1. The van der Waals surface area contributed by atoms with E-state index in [-0.39, 0.29) is 11.9 Å². The number of methoxy groups -OCH3 is 1. The predicted molar refractivity (Wildman–Crippen MR) is 104 cm³/mol. The summed E-state index contributed by atoms with van der Waals surface area (Å²) in [6.07, 6.45) is 1.84. The lowest BCUT2D eigenvalue weighted by molar-refractivity contribution is 0.0500. The van der Waals surface area contributed by atoms with Crippen LogP contribution in [-0.2, 0) is 9.89 Å². The highest BCUT2D eigenvalue weighted by Crippen LogP contribution is 2.48. The van der Waals surface area contributed by atoms with Crippen molar-refractivity contribution >= 4 is 32.8 Å². The van der Waals surface area contributed by atoms with Crippen molar-refractivity contribution in [1.82, 2.24) is 0 Å². The van der Waals surface area contributed by atoms with Gasteiger partial charge in [-0.2, -0.15) is 0 Å². The third-order valence-electron chi connectivity index (χ3n) is 4.10. The molecule has 0 aliphatic rings. The van der Waals surface area contributed by atoms with Gasteiger partial charge in [0.2, 0.25) is 0 Å². The first-order valence-electron chi connectivity index (χ1n) is 7.81. The van der Waals surface area contributed by atoms with Gasteiger partial charge in [-0.3, -0.25) is 4.79 Å². The second-order valence-corrected chi connectivity index (χ2v) is 8.16. The van der Waals surface area contributed by atoms with Crippen molar-refractivity contribution in [2.75, 3.05) is 13.9 Å². The van der Waals surface area contributed by atoms with E-state index in [1.165, 1.54) is 0 Å². The Labute approximate surface area is 151 Å². The van der Waals surface area contributed by atoms with Crippen LogP contribution in [0.25, 0.3) is 0 Å². The minimum absolute atomic E-state index is 0.152. The lowest BCUT2D eigenvalue weighted by Crippen LogP contribution is -2.21. The van der Waals surface area contributed by atoms with E-state index in [2.05, 4.69) is 26.5 Å². The topological polar surface area (TPSA) is 35.5 Å². The molecule has 0 bridgehead atoms. The van der Waals surface area contributed by atoms with Crippen LogP contribution in [0.5, 0.6) is 5.75 Å². The minimum atomic E-state index is -0.152. The summed E-state index contributed by atoms with van der Waals surface area (Å²) < 4.78 is 10.8. The fourth-order valence-electron chi connectivity index (χ4n) is 2.55. The normalized spacial score (nSPS) is 13.8. The highest BCUT2D eigenvalue weighted by atomic mass is 32.1. The Bertz CT molecular complexity index is 705. The first-order valence-corrected chi connectivity index (χ1v) is 9.26. The van der Waals surface area contributed by atoms with Crippen LogP contribution in [0.15, 0.2) is 47.4 Å². The lowest BCUT2D eigenvalue weighted by atomic mass is 9.96. The third kappa shape index (κ3) is 4.38. The van der Waals surface area contributed by atoms with Crippen molar-refractivity contribution in [2.45, 2.75) is 30.3 Å². The Morgan fingerprint density at radius 1 is 1.25 bits per heavy atom. The molecule has 24 heavy (non-hydrogen) atoms. The van der Waals surface area contributed by atoms with E-state index in [4.69, 9.17) is 9.47 Å². The molecule has 5 heteroatoms. The summed E-state index contributed by atoms with van der Waals surface area (Å²) >= 11 is 4.49. The Balaban J connectivity index is 2.45. The molecule has 0 heterocycles. The minimum Gasteiger partial charge on any atom is -0.467 e. The van der Waals surface area contributed by atoms with Crippen molar-refractivity contribution in [3.8, 4) is 5.75 Å². The molecule has 0 aliphatic heterocycles. The summed E-state index contributed by atoms with van der Waals surface area (Å²) in [7, 11) is 2.05. The largest absolute Gasteiger partial charge is 0.467 e. The number of rotatable bonds is 8. The number of thiol groups is 1. The standard InChI is InChI=1S/C19H23O3PS/c1-4-19(2,23-18-8-6-5-7-14(18)12-20)16-11-15(24)9-10-17(16)22-13-21-3/h5-12,23-24H,4,13H2,1-3H3. The van der Waals surface area contributed by atoms with Crippen molar-refractivity contribution in [1.29, 1.82) is 0 Å². The Morgan fingerprint density at radius 2 is 2.00 bits per heavy atom. The molecule has 0 aromatic heterocycles. The zero-order chi connectivity index (χ0) is 17.6. The predicted octanol–water partition coefficient (Wildman–Crippen LogP) is 4.40. The Kier molecular flexibility index (Phi) is 6.85. The molecule has 3 nitrogen and oxygen atoms in total. The number of hydrogen-bond donors (Lipinski definition) is 1. The van der Waals surface area contributed by atoms with Gasteiger partial charge < -0.3 is 9.47 Å². The van der Waals surface area contributed by atoms with Crippen molar-refractivity contribution in [3.05, 3.63) is 53.6 Å². The number of benzene rings is 2. The van der Waals surface area contributed by atoms with Crippen LogP contribution in [0.4, 0.5) is 0 Å². The van der Waals surface area contributed by atoms with Gasteiger partial charge in [0, 0.05) is 28.3 Å². The summed E-state index contributed by atoms with van der Waals surface area (Å²) in [5.74, 6) is 0.801. The van der Waals surface area contributed by atoms with E-state index >= 15 is 0 Å². The van der Waals surface area contributed by atoms with Crippen molar-refractivity contribution in [2.24, 2.45) is 0 Å². The highest BCUT2D eigenvalue weighted by molar-refractivity contribution is 7.80. The fourth-order valence-corrected chi connectivity index (χ4v) is 4.33. The van der Waals surface area contributed by atoms with Crippen LogP contribution in [0.3, 0.4) is 0 Å². The highest BCUT2D eigenvalue weighted by Gasteiger charge is 2.29. The fraction of sp³-hybridized carbons (Fsp3) is 0.316. The summed E-state index contributed by atoms with van der Waals surface area (Å²) in [5, 5.41) is 0.917. The summed E-state index contributed by atoms with van der Waals surface area (Å²) in [5.41, 5.74) is 1.84. The van der Waals surface area contributed by atoms with E-state index in [1.807, 2.05) is 42.5 Å². The van der Waals surface area contributed by atoms with Gasteiger partial charge in [-0.25, -0.2) is 0 Å². The van der Waals surface area contributed by atoms with E-state index in [0.29, 0.717) is 8.58 Å². The maximum absolute atomic E-state index is 11.4. The smallest absolute Gasteiger partial charge is 0.188 e. The molecular weight excluding hydrogens is 339 g/mol. The summed E-state index contributed by atoms with van der Waals surface area (Å²) in [6, 6.07) is 13.6. The van der Waals surface area contributed by atoms with Gasteiger partial charge in [0.1, 0.15) is 5.75 Å². The molecule has 0 saturated heterocycles. The zero-order valence-corrected chi connectivity index (χ0v) is 16.1. The summed E-state index contributed by atoms with van der Waals surface area (Å²) in [6.45, 7) is 4.56. The van der Waals surface area contributed by atoms with Crippen molar-refractivity contribution < 1.29 is 14.3 Å². The summed E-state index contributed by atoms with van der Waals surface area (Å²) in [4.78, 5) is 12.2. The van der Waals surface area contributed by atoms with Crippen molar-refractivity contribution in [3.63, 3.8) is 0 Å². The van der Waals surface area contributed by atoms with Gasteiger partial charge >= 0.3 is 0 Å². The van der Waals surface area contributed by atoms with Crippen LogP contribution in [0.1, 0.15) is 36.2 Å². The molecule has 128 valence electrons. The van der Waals surface area contributed by atoms with Crippen LogP contribution < -0.4 is 10.0 Å². The lowest BCUT2D eigenvalue weighted by Gasteiger charge is -2.31. The number of carbonyl (C=O) groups is 1. The molecule has 2 rings (SSSR count). The van der Waals surface area contributed by atoms with Crippen LogP contribution in [0, 0.1) is 0 Å². The van der Waals surface area contributed by atoms with Gasteiger partial charge in [0.05, 0.1) is 0 Å². The second-order valence-electron chi connectivity index (χ2n) is 5.75. The molecule has 0 saturated carbocycles. The number of ether oxygens (including phenoxy) is 2. The first kappa shape index (κ1) is 19.0. The molecule has 0 aliphatic carbocycles. The van der Waals surface area contributed by atoms with E-state index in [1.54, 1.807) is 7.11 Å². The van der Waals surface area contributed by atoms with Gasteiger partial charge in [-0.05, 0) is 29.9 Å². The average molecular weight is 362 g/mol. The van der Waals surface area contributed by atoms with Crippen LogP contribution >= 0.6 is 21.2 Å².